The van der Waals surface area contributed by atoms with Crippen LogP contribution in [0.5, 0.6) is 0 Å². The van der Waals surface area contributed by atoms with E-state index in [1.54, 1.807) is 0 Å². The Morgan fingerprint density at radius 3 is 2.07 bits per heavy atom. The number of hydrogen-bond donors (Lipinski definition) is 1. The van der Waals surface area contributed by atoms with Crippen molar-refractivity contribution in [2.24, 2.45) is 11.7 Å². The first kappa shape index (κ1) is 14.9. The summed E-state index contributed by atoms with van der Waals surface area (Å²) in [5.74, 6) is 0.648. The van der Waals surface area contributed by atoms with Crippen molar-refractivity contribution in [1.29, 1.82) is 0 Å². The molecule has 0 radical (unpaired) electrons. The fourth-order valence-electron chi connectivity index (χ4n) is 1.99. The zero-order valence-corrected chi connectivity index (χ0v) is 11.2. The molecular weight excluding hydrogens is 186 g/mol. The highest BCUT2D eigenvalue weighted by Gasteiger charge is 2.18. The molecule has 0 fully saturated rings. The van der Waals surface area contributed by atoms with Crippen LogP contribution >= 0.6 is 0 Å². The zero-order chi connectivity index (χ0) is 11.8. The van der Waals surface area contributed by atoms with Crippen molar-refractivity contribution < 1.29 is 0 Å². The lowest BCUT2D eigenvalue weighted by molar-refractivity contribution is 0.161. The summed E-state index contributed by atoms with van der Waals surface area (Å²) in [6, 6.07) is 0.539. The lowest BCUT2D eigenvalue weighted by atomic mass is 10.0. The Kier molecular flexibility index (Phi) is 8.02. The minimum absolute atomic E-state index is 0.539. The van der Waals surface area contributed by atoms with Crippen LogP contribution in [-0.4, -0.2) is 56.1 Å². The molecule has 92 valence electrons. The van der Waals surface area contributed by atoms with Gasteiger partial charge < -0.3 is 10.6 Å². The van der Waals surface area contributed by atoms with Crippen LogP contribution < -0.4 is 5.73 Å². The van der Waals surface area contributed by atoms with Gasteiger partial charge in [-0.25, -0.2) is 0 Å². The fraction of sp³-hybridized carbons (Fsp3) is 1.00. The number of nitrogens with two attached hydrogens (primary N) is 1. The van der Waals surface area contributed by atoms with Gasteiger partial charge in [0.1, 0.15) is 0 Å². The smallest absolute Gasteiger partial charge is 0.0241 e. The molecule has 0 rings (SSSR count). The SMILES string of the molecule is CCN(CCCN(C)C)C(CN)C(C)C. The van der Waals surface area contributed by atoms with E-state index in [0.717, 1.165) is 26.2 Å². The van der Waals surface area contributed by atoms with E-state index >= 15 is 0 Å². The number of hydrogen-bond acceptors (Lipinski definition) is 3. The largest absolute Gasteiger partial charge is 0.329 e. The highest BCUT2D eigenvalue weighted by atomic mass is 15.2. The van der Waals surface area contributed by atoms with E-state index in [0.29, 0.717) is 12.0 Å². The van der Waals surface area contributed by atoms with Crippen molar-refractivity contribution in [3.8, 4) is 0 Å². The summed E-state index contributed by atoms with van der Waals surface area (Å²) in [7, 11) is 4.25. The molecular formula is C12H29N3. The molecule has 0 heterocycles. The molecule has 3 nitrogen and oxygen atoms in total. The first-order chi connectivity index (χ1) is 7.02. The third-order valence-electron chi connectivity index (χ3n) is 2.94. The number of likely N-dealkylation sites (N-methyl/N-ethyl adjacent to an activating group) is 1. The molecule has 0 amide bonds. The van der Waals surface area contributed by atoms with Gasteiger partial charge >= 0.3 is 0 Å². The number of rotatable bonds is 8. The first-order valence-corrected chi connectivity index (χ1v) is 6.11. The molecule has 0 aliphatic carbocycles. The molecule has 3 heteroatoms. The van der Waals surface area contributed by atoms with Crippen LogP contribution in [0, 0.1) is 5.92 Å². The Balaban J connectivity index is 3.98. The van der Waals surface area contributed by atoms with Crippen molar-refractivity contribution >= 4 is 0 Å². The van der Waals surface area contributed by atoms with Crippen LogP contribution in [0.4, 0.5) is 0 Å². The molecule has 0 aromatic carbocycles. The Bertz CT molecular complexity index is 146. The van der Waals surface area contributed by atoms with E-state index in [-0.39, 0.29) is 0 Å². The van der Waals surface area contributed by atoms with Gasteiger partial charge in [-0.05, 0) is 46.1 Å². The maximum absolute atomic E-state index is 5.83. The Hall–Kier alpha value is -0.120. The van der Waals surface area contributed by atoms with Crippen molar-refractivity contribution in [2.45, 2.75) is 33.2 Å². The highest BCUT2D eigenvalue weighted by molar-refractivity contribution is 4.75. The van der Waals surface area contributed by atoms with Crippen LogP contribution in [0.1, 0.15) is 27.2 Å². The van der Waals surface area contributed by atoms with Crippen LogP contribution in [0.2, 0.25) is 0 Å². The summed E-state index contributed by atoms with van der Waals surface area (Å²) in [5.41, 5.74) is 5.83. The van der Waals surface area contributed by atoms with E-state index < -0.39 is 0 Å². The van der Waals surface area contributed by atoms with E-state index in [1.165, 1.54) is 6.42 Å². The standard InChI is InChI=1S/C12H29N3/c1-6-15(9-7-8-14(4)5)12(10-13)11(2)3/h11-12H,6-10,13H2,1-5H3. The van der Waals surface area contributed by atoms with Crippen LogP contribution in [0.15, 0.2) is 0 Å². The van der Waals surface area contributed by atoms with Crippen molar-refractivity contribution in [3.63, 3.8) is 0 Å². The molecule has 0 bridgehead atoms. The first-order valence-electron chi connectivity index (χ1n) is 6.11. The lowest BCUT2D eigenvalue weighted by Gasteiger charge is -2.33. The topological polar surface area (TPSA) is 32.5 Å². The maximum atomic E-state index is 5.83. The van der Waals surface area contributed by atoms with Crippen LogP contribution in [0.25, 0.3) is 0 Å². The van der Waals surface area contributed by atoms with Gasteiger partial charge in [0.05, 0.1) is 0 Å². The molecule has 0 aromatic heterocycles. The lowest BCUT2D eigenvalue weighted by Crippen LogP contribution is -2.44. The summed E-state index contributed by atoms with van der Waals surface area (Å²) in [5, 5.41) is 0. The van der Waals surface area contributed by atoms with Gasteiger partial charge in [-0.2, -0.15) is 0 Å². The molecule has 15 heavy (non-hydrogen) atoms. The van der Waals surface area contributed by atoms with Gasteiger partial charge in [0, 0.05) is 12.6 Å². The molecule has 0 aromatic rings. The molecule has 2 N–H and O–H groups in total. The molecule has 0 spiro atoms. The summed E-state index contributed by atoms with van der Waals surface area (Å²) in [6.45, 7) is 10.9. The van der Waals surface area contributed by atoms with E-state index in [9.17, 15) is 0 Å². The third-order valence-corrected chi connectivity index (χ3v) is 2.94. The summed E-state index contributed by atoms with van der Waals surface area (Å²) in [6.07, 6.45) is 1.23. The molecule has 0 aliphatic rings. The molecule has 0 saturated heterocycles. The maximum Gasteiger partial charge on any atom is 0.0241 e. The van der Waals surface area contributed by atoms with Gasteiger partial charge in [0.15, 0.2) is 0 Å². The summed E-state index contributed by atoms with van der Waals surface area (Å²) < 4.78 is 0. The summed E-state index contributed by atoms with van der Waals surface area (Å²) in [4.78, 5) is 4.74. The van der Waals surface area contributed by atoms with Gasteiger partial charge in [0.2, 0.25) is 0 Å². The highest BCUT2D eigenvalue weighted by Crippen LogP contribution is 2.09. The third kappa shape index (κ3) is 6.13. The van der Waals surface area contributed by atoms with Gasteiger partial charge in [-0.15, -0.1) is 0 Å². The van der Waals surface area contributed by atoms with Crippen molar-refractivity contribution in [3.05, 3.63) is 0 Å². The minimum atomic E-state index is 0.539. The molecule has 0 saturated carbocycles. The molecule has 1 unspecified atom stereocenters. The second kappa shape index (κ2) is 8.08. The Morgan fingerprint density at radius 1 is 1.13 bits per heavy atom. The zero-order valence-electron chi connectivity index (χ0n) is 11.2. The Morgan fingerprint density at radius 2 is 1.73 bits per heavy atom. The second-order valence-electron chi connectivity index (χ2n) is 4.83. The monoisotopic (exact) mass is 215 g/mol. The minimum Gasteiger partial charge on any atom is -0.329 e. The predicted molar refractivity (Wildman–Crippen MR) is 68.1 cm³/mol. The normalized spacial score (nSPS) is 14.2. The van der Waals surface area contributed by atoms with Gasteiger partial charge in [-0.3, -0.25) is 4.90 Å². The summed E-state index contributed by atoms with van der Waals surface area (Å²) >= 11 is 0. The van der Waals surface area contributed by atoms with Crippen LogP contribution in [0.3, 0.4) is 0 Å². The Labute approximate surface area is 95.6 Å². The fourth-order valence-corrected chi connectivity index (χ4v) is 1.99. The predicted octanol–water partition coefficient (Wildman–Crippen LogP) is 1.24. The van der Waals surface area contributed by atoms with Crippen molar-refractivity contribution in [1.82, 2.24) is 9.80 Å². The van der Waals surface area contributed by atoms with E-state index in [2.05, 4.69) is 44.7 Å². The van der Waals surface area contributed by atoms with Crippen LogP contribution in [-0.2, 0) is 0 Å². The van der Waals surface area contributed by atoms with Crippen molar-refractivity contribution in [2.75, 3.05) is 40.3 Å². The molecule has 1 atom stereocenters. The quantitative estimate of drug-likeness (QED) is 0.661. The van der Waals surface area contributed by atoms with Gasteiger partial charge in [0.25, 0.3) is 0 Å². The number of nitrogens with zero attached hydrogens (tertiary/aromatic N) is 2. The van der Waals surface area contributed by atoms with E-state index in [1.807, 2.05) is 0 Å². The average Bonchev–Trinajstić information content (AvgIpc) is 2.15. The molecule has 0 aliphatic heterocycles. The van der Waals surface area contributed by atoms with Gasteiger partial charge in [-0.1, -0.05) is 20.8 Å². The second-order valence-corrected chi connectivity index (χ2v) is 4.83. The average molecular weight is 215 g/mol. The van der Waals surface area contributed by atoms with E-state index in [4.69, 9.17) is 5.73 Å².